The van der Waals surface area contributed by atoms with E-state index in [4.69, 9.17) is 4.74 Å². The Labute approximate surface area is 134 Å². The van der Waals surface area contributed by atoms with Gasteiger partial charge in [0, 0.05) is 6.42 Å². The molecule has 0 saturated heterocycles. The second kappa shape index (κ2) is 7.84. The number of aryl methyl sites for hydroxylation is 1. The Morgan fingerprint density at radius 2 is 1.87 bits per heavy atom. The smallest absolute Gasteiger partial charge is 0.273 e. The third kappa shape index (κ3) is 4.74. The van der Waals surface area contributed by atoms with Gasteiger partial charge in [0.1, 0.15) is 11.5 Å². The van der Waals surface area contributed by atoms with Gasteiger partial charge in [0.2, 0.25) is 5.91 Å². The first-order chi connectivity index (χ1) is 11.1. The van der Waals surface area contributed by atoms with E-state index in [1.54, 1.807) is 19.2 Å². The number of hydrazine groups is 1. The minimum atomic E-state index is -0.571. The van der Waals surface area contributed by atoms with Crippen LogP contribution in [0.5, 0.6) is 11.5 Å². The Balaban J connectivity index is 1.81. The molecule has 0 atom stereocenters. The van der Waals surface area contributed by atoms with Crippen molar-refractivity contribution in [1.82, 2.24) is 10.9 Å². The zero-order chi connectivity index (χ0) is 16.7. The van der Waals surface area contributed by atoms with Gasteiger partial charge in [-0.15, -0.1) is 0 Å². The van der Waals surface area contributed by atoms with Crippen molar-refractivity contribution in [2.24, 2.45) is 0 Å². The molecule has 2 aromatic rings. The molecule has 0 aliphatic rings. The van der Waals surface area contributed by atoms with Gasteiger partial charge in [-0.1, -0.05) is 24.3 Å². The van der Waals surface area contributed by atoms with Gasteiger partial charge in [0.15, 0.2) is 0 Å². The lowest BCUT2D eigenvalue weighted by Gasteiger charge is -2.09. The van der Waals surface area contributed by atoms with Crippen molar-refractivity contribution in [3.05, 3.63) is 59.7 Å². The van der Waals surface area contributed by atoms with Gasteiger partial charge in [0.25, 0.3) is 5.91 Å². The maximum atomic E-state index is 11.8. The van der Waals surface area contributed by atoms with Crippen molar-refractivity contribution < 1.29 is 19.4 Å². The summed E-state index contributed by atoms with van der Waals surface area (Å²) in [5.41, 5.74) is 5.66. The molecule has 0 saturated carbocycles. The summed E-state index contributed by atoms with van der Waals surface area (Å²) in [6.45, 7) is 0. The van der Waals surface area contributed by atoms with Crippen LogP contribution in [0.3, 0.4) is 0 Å². The second-order valence-corrected chi connectivity index (χ2v) is 4.87. The monoisotopic (exact) mass is 314 g/mol. The highest BCUT2D eigenvalue weighted by molar-refractivity contribution is 5.97. The summed E-state index contributed by atoms with van der Waals surface area (Å²) in [5, 5.41) is 9.56. The van der Waals surface area contributed by atoms with E-state index in [-0.39, 0.29) is 23.6 Å². The molecule has 0 unspecified atom stereocenters. The average Bonchev–Trinajstić information content (AvgIpc) is 2.58. The number of nitrogens with one attached hydrogen (secondary N) is 2. The van der Waals surface area contributed by atoms with Gasteiger partial charge in [-0.25, -0.2) is 0 Å². The molecule has 2 amide bonds. The highest BCUT2D eigenvalue weighted by Gasteiger charge is 2.11. The van der Waals surface area contributed by atoms with Crippen LogP contribution in [0, 0.1) is 0 Å². The van der Waals surface area contributed by atoms with Crippen LogP contribution in [0.25, 0.3) is 0 Å². The van der Waals surface area contributed by atoms with Crippen molar-refractivity contribution >= 4 is 11.8 Å². The third-order valence-corrected chi connectivity index (χ3v) is 3.24. The van der Waals surface area contributed by atoms with E-state index >= 15 is 0 Å². The Hall–Kier alpha value is -3.02. The summed E-state index contributed by atoms with van der Waals surface area (Å²) in [4.78, 5) is 23.6. The molecule has 6 nitrogen and oxygen atoms in total. The zero-order valence-electron chi connectivity index (χ0n) is 12.7. The molecule has 6 heteroatoms. The van der Waals surface area contributed by atoms with Crippen LogP contribution in [0.15, 0.2) is 48.5 Å². The predicted octanol–water partition coefficient (Wildman–Crippen LogP) is 1.79. The number of carbonyl (C=O) groups excluding carboxylic acids is 2. The quantitative estimate of drug-likeness (QED) is 0.734. The van der Waals surface area contributed by atoms with Crippen molar-refractivity contribution in [1.29, 1.82) is 0 Å². The molecule has 0 heterocycles. The molecule has 120 valence electrons. The van der Waals surface area contributed by atoms with Gasteiger partial charge in [-0.05, 0) is 36.2 Å². The number of rotatable bonds is 5. The molecular formula is C17H18N2O4. The number of para-hydroxylation sites is 1. The summed E-state index contributed by atoms with van der Waals surface area (Å²) in [6.07, 6.45) is 0.740. The Bertz CT molecular complexity index is 700. The first kappa shape index (κ1) is 16.4. The van der Waals surface area contributed by atoms with Crippen molar-refractivity contribution in [3.63, 3.8) is 0 Å². The van der Waals surface area contributed by atoms with Crippen molar-refractivity contribution in [2.75, 3.05) is 7.11 Å². The summed E-state index contributed by atoms with van der Waals surface area (Å²) >= 11 is 0. The molecule has 0 radical (unpaired) electrons. The SMILES string of the molecule is COc1cccc(CCC(=O)NNC(=O)c2ccccc2O)c1. The highest BCUT2D eigenvalue weighted by Crippen LogP contribution is 2.15. The molecular weight excluding hydrogens is 296 g/mol. The summed E-state index contributed by atoms with van der Waals surface area (Å²) < 4.78 is 5.12. The first-order valence-corrected chi connectivity index (χ1v) is 7.10. The van der Waals surface area contributed by atoms with E-state index in [2.05, 4.69) is 10.9 Å². The fourth-order valence-corrected chi connectivity index (χ4v) is 2.01. The van der Waals surface area contributed by atoms with Crippen LogP contribution in [0.4, 0.5) is 0 Å². The Morgan fingerprint density at radius 3 is 2.61 bits per heavy atom. The zero-order valence-corrected chi connectivity index (χ0v) is 12.7. The molecule has 0 bridgehead atoms. The molecule has 0 aliphatic carbocycles. The number of hydrogen-bond acceptors (Lipinski definition) is 4. The minimum Gasteiger partial charge on any atom is -0.507 e. The maximum absolute atomic E-state index is 11.8. The number of hydrogen-bond donors (Lipinski definition) is 3. The molecule has 3 N–H and O–H groups in total. The molecule has 2 aromatic carbocycles. The maximum Gasteiger partial charge on any atom is 0.273 e. The Morgan fingerprint density at radius 1 is 1.09 bits per heavy atom. The van der Waals surface area contributed by atoms with Crippen LogP contribution in [-0.2, 0) is 11.2 Å². The number of aromatic hydroxyl groups is 1. The molecule has 0 fully saturated rings. The van der Waals surface area contributed by atoms with Crippen LogP contribution in [0.2, 0.25) is 0 Å². The third-order valence-electron chi connectivity index (χ3n) is 3.24. The van der Waals surface area contributed by atoms with E-state index in [1.165, 1.54) is 12.1 Å². The molecule has 0 aromatic heterocycles. The summed E-state index contributed by atoms with van der Waals surface area (Å²) in [5.74, 6) is -0.305. The lowest BCUT2D eigenvalue weighted by molar-refractivity contribution is -0.121. The van der Waals surface area contributed by atoms with Gasteiger partial charge in [-0.2, -0.15) is 0 Å². The van der Waals surface area contributed by atoms with Crippen LogP contribution in [-0.4, -0.2) is 24.0 Å². The van der Waals surface area contributed by atoms with Gasteiger partial charge < -0.3 is 9.84 Å². The largest absolute Gasteiger partial charge is 0.507 e. The van der Waals surface area contributed by atoms with Crippen LogP contribution >= 0.6 is 0 Å². The average molecular weight is 314 g/mol. The van der Waals surface area contributed by atoms with Crippen molar-refractivity contribution in [2.45, 2.75) is 12.8 Å². The number of amides is 2. The minimum absolute atomic E-state index is 0.0978. The fourth-order valence-electron chi connectivity index (χ4n) is 2.01. The number of carbonyl (C=O) groups is 2. The number of methoxy groups -OCH3 is 1. The molecule has 23 heavy (non-hydrogen) atoms. The van der Waals surface area contributed by atoms with E-state index < -0.39 is 5.91 Å². The number of phenols is 1. The highest BCUT2D eigenvalue weighted by atomic mass is 16.5. The second-order valence-electron chi connectivity index (χ2n) is 4.87. The molecule has 0 aliphatic heterocycles. The van der Waals surface area contributed by atoms with E-state index in [1.807, 2.05) is 24.3 Å². The first-order valence-electron chi connectivity index (χ1n) is 7.10. The van der Waals surface area contributed by atoms with E-state index in [9.17, 15) is 14.7 Å². The Kier molecular flexibility index (Phi) is 5.57. The standard InChI is InChI=1S/C17H18N2O4/c1-23-13-6-4-5-12(11-13)9-10-16(21)18-19-17(22)14-7-2-3-8-15(14)20/h2-8,11,20H,9-10H2,1H3,(H,18,21)(H,19,22). The van der Waals surface area contributed by atoms with Crippen LogP contribution in [0.1, 0.15) is 22.3 Å². The lowest BCUT2D eigenvalue weighted by atomic mass is 10.1. The fraction of sp³-hybridized carbons (Fsp3) is 0.176. The van der Waals surface area contributed by atoms with Crippen molar-refractivity contribution in [3.8, 4) is 11.5 Å². The lowest BCUT2D eigenvalue weighted by Crippen LogP contribution is -2.41. The van der Waals surface area contributed by atoms with Crippen LogP contribution < -0.4 is 15.6 Å². The summed E-state index contributed by atoms with van der Waals surface area (Å²) in [6, 6.07) is 13.5. The predicted molar refractivity (Wildman–Crippen MR) is 85.0 cm³/mol. The van der Waals surface area contributed by atoms with Gasteiger partial charge >= 0.3 is 0 Å². The molecule has 2 rings (SSSR count). The number of ether oxygens (including phenoxy) is 1. The normalized spacial score (nSPS) is 9.96. The number of benzene rings is 2. The van der Waals surface area contributed by atoms with Gasteiger partial charge in [-0.3, -0.25) is 20.4 Å². The van der Waals surface area contributed by atoms with E-state index in [0.717, 1.165) is 11.3 Å². The van der Waals surface area contributed by atoms with Gasteiger partial charge in [0.05, 0.1) is 12.7 Å². The summed E-state index contributed by atoms with van der Waals surface area (Å²) in [7, 11) is 1.58. The molecule has 0 spiro atoms. The topological polar surface area (TPSA) is 87.7 Å². The van der Waals surface area contributed by atoms with E-state index in [0.29, 0.717) is 6.42 Å². The number of phenolic OH excluding ortho intramolecular Hbond substituents is 1.